The van der Waals surface area contributed by atoms with Gasteiger partial charge in [0.05, 0.1) is 13.2 Å². The summed E-state index contributed by atoms with van der Waals surface area (Å²) in [7, 11) is 0. The summed E-state index contributed by atoms with van der Waals surface area (Å²) >= 11 is 0. The Kier molecular flexibility index (Phi) is 10.4. The van der Waals surface area contributed by atoms with Crippen LogP contribution in [-0.2, 0) is 25.5 Å². The molecular formula is C23H36N4O5. The highest BCUT2D eigenvalue weighted by Gasteiger charge is 2.22. The monoisotopic (exact) mass is 448 g/mol. The highest BCUT2D eigenvalue weighted by Crippen LogP contribution is 2.06. The number of rotatable bonds is 10. The molecule has 1 atom stereocenters. The molecule has 0 unspecified atom stereocenters. The summed E-state index contributed by atoms with van der Waals surface area (Å²) in [6, 6.07) is 8.74. The third-order valence-electron chi connectivity index (χ3n) is 4.78. The van der Waals surface area contributed by atoms with Crippen molar-refractivity contribution >= 4 is 17.9 Å². The lowest BCUT2D eigenvalue weighted by Gasteiger charge is -2.26. The van der Waals surface area contributed by atoms with Gasteiger partial charge < -0.3 is 25.4 Å². The van der Waals surface area contributed by atoms with Crippen LogP contribution in [0.3, 0.4) is 0 Å². The summed E-state index contributed by atoms with van der Waals surface area (Å²) in [5.74, 6) is -0.707. The number of nitrogens with one attached hydrogen (secondary N) is 3. The number of amides is 3. The molecule has 1 aromatic rings. The standard InChI is InChI=1S/C23H36N4O5/c1-23(2,3)32-22(30)25-17-20(28)26-19(16-18-8-5-4-6-9-18)21(29)24-10-7-11-27-12-14-31-15-13-27/h4-6,8-9,19H,7,10-17H2,1-3H3,(H,24,29)(H,25,30)(H,26,28)/t19-/m1/s1. The van der Waals surface area contributed by atoms with Crippen molar-refractivity contribution < 1.29 is 23.9 Å². The molecule has 3 N–H and O–H groups in total. The van der Waals surface area contributed by atoms with Crippen molar-refractivity contribution in [3.05, 3.63) is 35.9 Å². The van der Waals surface area contributed by atoms with Gasteiger partial charge in [0, 0.05) is 26.1 Å². The van der Waals surface area contributed by atoms with E-state index in [4.69, 9.17) is 9.47 Å². The molecule has 9 heteroatoms. The van der Waals surface area contributed by atoms with Gasteiger partial charge in [-0.15, -0.1) is 0 Å². The molecule has 178 valence electrons. The molecule has 2 rings (SSSR count). The molecule has 1 aliphatic rings. The predicted molar refractivity (Wildman–Crippen MR) is 121 cm³/mol. The van der Waals surface area contributed by atoms with E-state index in [0.29, 0.717) is 13.0 Å². The zero-order chi connectivity index (χ0) is 23.4. The number of hydrogen-bond donors (Lipinski definition) is 3. The molecular weight excluding hydrogens is 412 g/mol. The summed E-state index contributed by atoms with van der Waals surface area (Å²) in [6.45, 7) is 9.67. The van der Waals surface area contributed by atoms with E-state index in [9.17, 15) is 14.4 Å². The van der Waals surface area contributed by atoms with Gasteiger partial charge in [0.1, 0.15) is 18.2 Å². The maximum absolute atomic E-state index is 12.8. The lowest BCUT2D eigenvalue weighted by molar-refractivity contribution is -0.128. The van der Waals surface area contributed by atoms with E-state index in [-0.39, 0.29) is 12.5 Å². The van der Waals surface area contributed by atoms with Crippen LogP contribution >= 0.6 is 0 Å². The first-order valence-electron chi connectivity index (χ1n) is 11.1. The second-order valence-electron chi connectivity index (χ2n) is 8.76. The van der Waals surface area contributed by atoms with Gasteiger partial charge >= 0.3 is 6.09 Å². The smallest absolute Gasteiger partial charge is 0.408 e. The Morgan fingerprint density at radius 2 is 1.78 bits per heavy atom. The summed E-state index contributed by atoms with van der Waals surface area (Å²) in [5.41, 5.74) is 0.277. The number of carbonyl (C=O) groups is 3. The Morgan fingerprint density at radius 3 is 2.44 bits per heavy atom. The number of alkyl carbamates (subject to hydrolysis) is 1. The van der Waals surface area contributed by atoms with Crippen molar-refractivity contribution in [3.8, 4) is 0 Å². The molecule has 0 saturated carbocycles. The Bertz CT molecular complexity index is 730. The van der Waals surface area contributed by atoms with Crippen molar-refractivity contribution in [1.29, 1.82) is 0 Å². The van der Waals surface area contributed by atoms with E-state index in [1.54, 1.807) is 20.8 Å². The largest absolute Gasteiger partial charge is 0.444 e. The van der Waals surface area contributed by atoms with Crippen molar-refractivity contribution in [2.45, 2.75) is 45.3 Å². The fraction of sp³-hybridized carbons (Fsp3) is 0.609. The topological polar surface area (TPSA) is 109 Å². The lowest BCUT2D eigenvalue weighted by Crippen LogP contribution is -2.51. The molecule has 0 radical (unpaired) electrons. The first-order chi connectivity index (χ1) is 15.2. The van der Waals surface area contributed by atoms with Gasteiger partial charge in [-0.25, -0.2) is 4.79 Å². The van der Waals surface area contributed by atoms with Crippen molar-refractivity contribution in [2.24, 2.45) is 0 Å². The molecule has 0 aromatic heterocycles. The third kappa shape index (κ3) is 10.6. The highest BCUT2D eigenvalue weighted by molar-refractivity contribution is 5.89. The fourth-order valence-electron chi connectivity index (χ4n) is 3.23. The van der Waals surface area contributed by atoms with Crippen LogP contribution < -0.4 is 16.0 Å². The van der Waals surface area contributed by atoms with Crippen LogP contribution in [0.25, 0.3) is 0 Å². The van der Waals surface area contributed by atoms with Crippen molar-refractivity contribution in [1.82, 2.24) is 20.9 Å². The average molecular weight is 449 g/mol. The summed E-state index contributed by atoms with van der Waals surface area (Å²) in [4.78, 5) is 39.2. The quantitative estimate of drug-likeness (QED) is 0.462. The second kappa shape index (κ2) is 13.0. The van der Waals surface area contributed by atoms with Gasteiger partial charge in [-0.1, -0.05) is 30.3 Å². The van der Waals surface area contributed by atoms with Crippen LogP contribution in [0.5, 0.6) is 0 Å². The average Bonchev–Trinajstić information content (AvgIpc) is 2.75. The molecule has 1 heterocycles. The maximum Gasteiger partial charge on any atom is 0.408 e. The Morgan fingerprint density at radius 1 is 1.09 bits per heavy atom. The van der Waals surface area contributed by atoms with Gasteiger partial charge in [0.25, 0.3) is 0 Å². The molecule has 0 aliphatic carbocycles. The highest BCUT2D eigenvalue weighted by atomic mass is 16.6. The molecule has 0 bridgehead atoms. The first kappa shape index (κ1) is 25.6. The molecule has 32 heavy (non-hydrogen) atoms. The van der Waals surface area contributed by atoms with E-state index >= 15 is 0 Å². The number of hydrogen-bond acceptors (Lipinski definition) is 6. The number of morpholine rings is 1. The van der Waals surface area contributed by atoms with Gasteiger partial charge in [-0.3, -0.25) is 14.5 Å². The molecule has 1 aromatic carbocycles. The van der Waals surface area contributed by atoms with Gasteiger partial charge in [-0.2, -0.15) is 0 Å². The summed E-state index contributed by atoms with van der Waals surface area (Å²) in [6.07, 6.45) is 0.492. The van der Waals surface area contributed by atoms with Gasteiger partial charge in [0.2, 0.25) is 11.8 Å². The zero-order valence-corrected chi connectivity index (χ0v) is 19.3. The Hall–Kier alpha value is -2.65. The van der Waals surface area contributed by atoms with E-state index in [2.05, 4.69) is 20.9 Å². The fourth-order valence-corrected chi connectivity index (χ4v) is 3.23. The molecule has 1 saturated heterocycles. The minimum atomic E-state index is -0.742. The van der Waals surface area contributed by atoms with Crippen LogP contribution in [0.1, 0.15) is 32.8 Å². The number of benzene rings is 1. The predicted octanol–water partition coefficient (Wildman–Crippen LogP) is 1.08. The van der Waals surface area contributed by atoms with Gasteiger partial charge in [0.15, 0.2) is 0 Å². The minimum absolute atomic E-state index is 0.249. The molecule has 3 amide bonds. The second-order valence-corrected chi connectivity index (χ2v) is 8.76. The maximum atomic E-state index is 12.8. The van der Waals surface area contributed by atoms with Crippen LogP contribution in [-0.4, -0.2) is 80.4 Å². The molecule has 9 nitrogen and oxygen atoms in total. The lowest BCUT2D eigenvalue weighted by atomic mass is 10.1. The van der Waals surface area contributed by atoms with Crippen LogP contribution in [0.15, 0.2) is 30.3 Å². The Labute approximate surface area is 190 Å². The third-order valence-corrected chi connectivity index (χ3v) is 4.78. The number of nitrogens with zero attached hydrogens (tertiary/aromatic N) is 1. The zero-order valence-electron chi connectivity index (χ0n) is 19.3. The summed E-state index contributed by atoms with van der Waals surface area (Å²) in [5, 5.41) is 8.06. The molecule has 0 spiro atoms. The van der Waals surface area contributed by atoms with Crippen molar-refractivity contribution in [3.63, 3.8) is 0 Å². The van der Waals surface area contributed by atoms with E-state index in [0.717, 1.165) is 44.8 Å². The van der Waals surface area contributed by atoms with E-state index in [1.807, 2.05) is 30.3 Å². The summed E-state index contributed by atoms with van der Waals surface area (Å²) < 4.78 is 10.5. The van der Waals surface area contributed by atoms with Crippen LogP contribution in [0, 0.1) is 0 Å². The van der Waals surface area contributed by atoms with Crippen molar-refractivity contribution in [2.75, 3.05) is 45.9 Å². The van der Waals surface area contributed by atoms with E-state index in [1.165, 1.54) is 0 Å². The van der Waals surface area contributed by atoms with Crippen LogP contribution in [0.4, 0.5) is 4.79 Å². The number of carbonyl (C=O) groups excluding carboxylic acids is 3. The number of ether oxygens (including phenoxy) is 2. The molecule has 1 aliphatic heterocycles. The van der Waals surface area contributed by atoms with Gasteiger partial charge in [-0.05, 0) is 39.3 Å². The van der Waals surface area contributed by atoms with E-state index < -0.39 is 23.6 Å². The first-order valence-corrected chi connectivity index (χ1v) is 11.1. The normalized spacial score (nSPS) is 15.5. The molecule has 1 fully saturated rings. The Balaban J connectivity index is 1.83. The SMILES string of the molecule is CC(C)(C)OC(=O)NCC(=O)N[C@H](Cc1ccccc1)C(=O)NCCCN1CCOCC1. The van der Waals surface area contributed by atoms with Crippen LogP contribution in [0.2, 0.25) is 0 Å². The minimum Gasteiger partial charge on any atom is -0.444 e.